The molecule has 42 heavy (non-hydrogen) atoms. The van der Waals surface area contributed by atoms with Crippen molar-refractivity contribution in [1.82, 2.24) is 5.32 Å². The molecule has 2 heterocycles. The Kier molecular flexibility index (Phi) is 7.69. The number of methoxy groups -OCH3 is 1. The molecule has 0 saturated carbocycles. The van der Waals surface area contributed by atoms with Gasteiger partial charge in [0, 0.05) is 23.7 Å². The lowest BCUT2D eigenvalue weighted by molar-refractivity contribution is -0.122. The predicted molar refractivity (Wildman–Crippen MR) is 157 cm³/mol. The normalized spacial score (nSPS) is 22.9. The van der Waals surface area contributed by atoms with E-state index in [2.05, 4.69) is 16.0 Å². The van der Waals surface area contributed by atoms with Crippen molar-refractivity contribution < 1.29 is 23.1 Å². The second kappa shape index (κ2) is 10.8. The third-order valence-corrected chi connectivity index (χ3v) is 8.47. The molecule has 1 spiro atoms. The van der Waals surface area contributed by atoms with Crippen molar-refractivity contribution in [2.75, 3.05) is 17.7 Å². The van der Waals surface area contributed by atoms with E-state index in [-0.39, 0.29) is 43.7 Å². The molecule has 2 aliphatic heterocycles. The minimum absolute atomic E-state index is 0.0247. The number of nitriles is 1. The second-order valence-electron chi connectivity index (χ2n) is 11.7. The zero-order valence-electron chi connectivity index (χ0n) is 23.2. The Morgan fingerprint density at radius 2 is 1.88 bits per heavy atom. The monoisotopic (exact) mass is 612 g/mol. The van der Waals surface area contributed by atoms with Crippen molar-refractivity contribution in [1.29, 1.82) is 5.26 Å². The number of nitrogens with one attached hydrogen (secondary N) is 3. The minimum Gasteiger partial charge on any atom is -0.495 e. The first-order chi connectivity index (χ1) is 19.8. The molecule has 5 rings (SSSR count). The maximum absolute atomic E-state index is 15.9. The van der Waals surface area contributed by atoms with Crippen molar-refractivity contribution in [2.45, 2.75) is 50.6 Å². The topological polar surface area (TPSA) is 103 Å². The van der Waals surface area contributed by atoms with Crippen LogP contribution in [0.2, 0.25) is 10.0 Å². The maximum atomic E-state index is 15.9. The summed E-state index contributed by atoms with van der Waals surface area (Å²) in [6.07, 6.45) is 0.368. The molecule has 2 aliphatic rings. The van der Waals surface area contributed by atoms with Gasteiger partial charge in [-0.05, 0) is 53.3 Å². The summed E-state index contributed by atoms with van der Waals surface area (Å²) in [5.74, 6) is -3.56. The van der Waals surface area contributed by atoms with Gasteiger partial charge < -0.3 is 20.7 Å². The summed E-state index contributed by atoms with van der Waals surface area (Å²) in [4.78, 5) is 28.3. The van der Waals surface area contributed by atoms with E-state index in [4.69, 9.17) is 27.9 Å². The van der Waals surface area contributed by atoms with Crippen LogP contribution in [0.5, 0.6) is 5.75 Å². The molecule has 3 aromatic rings. The Morgan fingerprint density at radius 1 is 1.14 bits per heavy atom. The highest BCUT2D eigenvalue weighted by Crippen LogP contribution is 2.57. The largest absolute Gasteiger partial charge is 0.495 e. The van der Waals surface area contributed by atoms with E-state index in [1.807, 2.05) is 26.8 Å². The Balaban J connectivity index is 1.74. The number of rotatable bonds is 5. The molecule has 0 aliphatic carbocycles. The number of benzene rings is 3. The third kappa shape index (κ3) is 4.87. The lowest BCUT2D eigenvalue weighted by atomic mass is 9.62. The molecule has 0 bridgehead atoms. The molecule has 1 saturated heterocycles. The van der Waals surface area contributed by atoms with Gasteiger partial charge in [0.1, 0.15) is 22.8 Å². The number of nitrogens with zero attached hydrogens (tertiary/aromatic N) is 1. The first kappa shape index (κ1) is 29.8. The molecule has 3 aromatic carbocycles. The van der Waals surface area contributed by atoms with E-state index in [1.165, 1.54) is 49.6 Å². The highest BCUT2D eigenvalue weighted by atomic mass is 35.5. The molecular formula is C31H28Cl2F2N4O3. The molecule has 4 atom stereocenters. The standard InChI is InChI=1S/C31H28Cl2F2N4O3/c1-30(2,3)13-24-31(17-11-20(34)19(33)12-22(17)38-29(31)41)25(16-6-5-7-18(32)26(16)35)27(39-24)28(40)37-21-9-8-15(14-36)10-23(21)42-4/h5-12,24-25,27,39H,13H2,1-4H3,(H,37,40)(H,38,41)/t24-,25-,27+,31+/m0/s1. The summed E-state index contributed by atoms with van der Waals surface area (Å²) >= 11 is 12.3. The number of fused-ring (bicyclic) bond motifs is 2. The van der Waals surface area contributed by atoms with Gasteiger partial charge in [0.2, 0.25) is 11.8 Å². The molecule has 7 nitrogen and oxygen atoms in total. The van der Waals surface area contributed by atoms with Crippen LogP contribution in [0.25, 0.3) is 0 Å². The highest BCUT2D eigenvalue weighted by molar-refractivity contribution is 6.31. The fraction of sp³-hybridized carbons (Fsp3) is 0.323. The summed E-state index contributed by atoms with van der Waals surface area (Å²) < 4.78 is 36.3. The van der Waals surface area contributed by atoms with Crippen LogP contribution >= 0.6 is 23.2 Å². The van der Waals surface area contributed by atoms with Crippen LogP contribution in [0.15, 0.2) is 48.5 Å². The maximum Gasteiger partial charge on any atom is 0.242 e. The molecule has 1 fully saturated rings. The zero-order chi connectivity index (χ0) is 30.6. The molecule has 218 valence electrons. The van der Waals surface area contributed by atoms with Crippen LogP contribution in [0, 0.1) is 28.4 Å². The van der Waals surface area contributed by atoms with Crippen LogP contribution in [-0.4, -0.2) is 31.0 Å². The molecule has 0 aromatic heterocycles. The van der Waals surface area contributed by atoms with Crippen LogP contribution in [0.1, 0.15) is 49.8 Å². The Bertz CT molecular complexity index is 1650. The van der Waals surface area contributed by atoms with Gasteiger partial charge in [-0.15, -0.1) is 0 Å². The van der Waals surface area contributed by atoms with Crippen molar-refractivity contribution in [3.63, 3.8) is 0 Å². The van der Waals surface area contributed by atoms with E-state index in [1.54, 1.807) is 6.07 Å². The lowest BCUT2D eigenvalue weighted by Gasteiger charge is -2.37. The minimum atomic E-state index is -1.61. The van der Waals surface area contributed by atoms with Crippen molar-refractivity contribution in [3.05, 3.63) is 86.9 Å². The van der Waals surface area contributed by atoms with Crippen LogP contribution in [0.4, 0.5) is 20.2 Å². The van der Waals surface area contributed by atoms with Crippen molar-refractivity contribution in [3.8, 4) is 11.8 Å². The van der Waals surface area contributed by atoms with E-state index < -0.39 is 46.9 Å². The van der Waals surface area contributed by atoms with Crippen molar-refractivity contribution in [2.24, 2.45) is 5.41 Å². The Labute approximate surface area is 252 Å². The van der Waals surface area contributed by atoms with Gasteiger partial charge in [-0.2, -0.15) is 5.26 Å². The van der Waals surface area contributed by atoms with Gasteiger partial charge in [0.25, 0.3) is 0 Å². The average Bonchev–Trinajstić information content (AvgIpc) is 3.40. The van der Waals surface area contributed by atoms with Crippen LogP contribution in [0.3, 0.4) is 0 Å². The summed E-state index contributed by atoms with van der Waals surface area (Å²) in [5, 5.41) is 17.9. The van der Waals surface area contributed by atoms with E-state index in [0.29, 0.717) is 12.0 Å². The van der Waals surface area contributed by atoms with Gasteiger partial charge >= 0.3 is 0 Å². The first-order valence-electron chi connectivity index (χ1n) is 13.2. The average molecular weight is 613 g/mol. The van der Waals surface area contributed by atoms with E-state index in [9.17, 15) is 14.9 Å². The van der Waals surface area contributed by atoms with Gasteiger partial charge in [-0.1, -0.05) is 56.1 Å². The van der Waals surface area contributed by atoms with Crippen LogP contribution < -0.4 is 20.7 Å². The third-order valence-electron chi connectivity index (χ3n) is 7.89. The smallest absolute Gasteiger partial charge is 0.242 e. The van der Waals surface area contributed by atoms with Crippen molar-refractivity contribution >= 4 is 46.4 Å². The highest BCUT2D eigenvalue weighted by Gasteiger charge is 2.66. The zero-order valence-corrected chi connectivity index (χ0v) is 24.8. The number of halogens is 4. The number of hydrogen-bond donors (Lipinski definition) is 3. The second-order valence-corrected chi connectivity index (χ2v) is 12.5. The van der Waals surface area contributed by atoms with Gasteiger partial charge in [0.05, 0.1) is 40.5 Å². The fourth-order valence-corrected chi connectivity index (χ4v) is 6.58. The Hall–Kier alpha value is -3.71. The molecule has 0 radical (unpaired) electrons. The summed E-state index contributed by atoms with van der Waals surface area (Å²) in [6.45, 7) is 5.92. The number of hydrogen-bond acceptors (Lipinski definition) is 5. The quantitative estimate of drug-likeness (QED) is 0.303. The molecule has 3 N–H and O–H groups in total. The number of carbonyl (C=O) groups excluding carboxylic acids is 2. The molecule has 2 amide bonds. The summed E-state index contributed by atoms with van der Waals surface area (Å²) in [6, 6.07) is 11.5. The molecule has 0 unspecified atom stereocenters. The van der Waals surface area contributed by atoms with E-state index in [0.717, 1.165) is 0 Å². The Morgan fingerprint density at radius 3 is 2.55 bits per heavy atom. The summed E-state index contributed by atoms with van der Waals surface area (Å²) in [7, 11) is 1.40. The predicted octanol–water partition coefficient (Wildman–Crippen LogP) is 6.54. The number of carbonyl (C=O) groups is 2. The van der Waals surface area contributed by atoms with Gasteiger partial charge in [0.15, 0.2) is 0 Å². The molecular weight excluding hydrogens is 585 g/mol. The molecule has 11 heteroatoms. The summed E-state index contributed by atoms with van der Waals surface area (Å²) in [5.41, 5.74) is -0.797. The number of amides is 2. The number of ether oxygens (including phenoxy) is 1. The SMILES string of the molecule is COc1cc(C#N)ccc1NC(=O)[C@@H]1N[C@@H](CC(C)(C)C)[C@@]2(C(=O)Nc3cc(Cl)c(F)cc32)[C@H]1c1cccc(Cl)c1F. The van der Waals surface area contributed by atoms with Gasteiger partial charge in [-0.3, -0.25) is 9.59 Å². The first-order valence-corrected chi connectivity index (χ1v) is 14.0. The lowest BCUT2D eigenvalue weighted by Crippen LogP contribution is -2.49. The fourth-order valence-electron chi connectivity index (χ4n) is 6.24. The van der Waals surface area contributed by atoms with Gasteiger partial charge in [-0.25, -0.2) is 8.78 Å². The van der Waals surface area contributed by atoms with Crippen LogP contribution in [-0.2, 0) is 15.0 Å². The number of anilines is 2. The van der Waals surface area contributed by atoms with E-state index >= 15 is 8.78 Å².